The van der Waals surface area contributed by atoms with E-state index in [1.165, 1.54) is 0 Å². The number of ether oxygens (including phenoxy) is 1. The molecule has 0 saturated carbocycles. The van der Waals surface area contributed by atoms with Gasteiger partial charge in [-0.1, -0.05) is 12.1 Å². The normalized spacial score (nSPS) is 15.3. The molecule has 1 aliphatic rings. The van der Waals surface area contributed by atoms with E-state index in [9.17, 15) is 9.59 Å². The van der Waals surface area contributed by atoms with Crippen LogP contribution in [0.3, 0.4) is 0 Å². The molecule has 1 heterocycles. The minimum Gasteiger partial charge on any atom is -0.444 e. The molecule has 0 aliphatic carbocycles. The van der Waals surface area contributed by atoms with Crippen LogP contribution in [0.2, 0.25) is 0 Å². The van der Waals surface area contributed by atoms with Crippen LogP contribution < -0.4 is 5.73 Å². The number of nitrogens with zero attached hydrogens (tertiary/aromatic N) is 4. The second-order valence-corrected chi connectivity index (χ2v) is 8.34. The summed E-state index contributed by atoms with van der Waals surface area (Å²) in [5.41, 5.74) is 7.35. The molecule has 1 fully saturated rings. The molecule has 0 aromatic heterocycles. The first-order valence-electron chi connectivity index (χ1n) is 9.90. The summed E-state index contributed by atoms with van der Waals surface area (Å²) < 4.78 is 5.41. The Morgan fingerprint density at radius 3 is 2.34 bits per heavy atom. The highest BCUT2D eigenvalue weighted by Crippen LogP contribution is 2.12. The monoisotopic (exact) mass is 403 g/mol. The van der Waals surface area contributed by atoms with E-state index in [1.807, 2.05) is 49.9 Å². The molecule has 1 saturated heterocycles. The molecule has 0 unspecified atom stereocenters. The van der Waals surface area contributed by atoms with Crippen LogP contribution in [0.4, 0.5) is 4.79 Å². The summed E-state index contributed by atoms with van der Waals surface area (Å²) in [4.78, 5) is 33.9. The summed E-state index contributed by atoms with van der Waals surface area (Å²) >= 11 is 0. The largest absolute Gasteiger partial charge is 0.444 e. The first kappa shape index (κ1) is 22.5. The van der Waals surface area contributed by atoms with Crippen LogP contribution in [-0.2, 0) is 11.2 Å². The summed E-state index contributed by atoms with van der Waals surface area (Å²) in [6.45, 7) is 8.48. The SMILES string of the molecule is CN(C)C(=O)c1cccc(CCN=C(N)N2CCN(C(=O)OC(C)(C)C)CC2)c1. The number of carbonyl (C=O) groups is 2. The molecule has 2 N–H and O–H groups in total. The van der Waals surface area contributed by atoms with E-state index in [2.05, 4.69) is 4.99 Å². The van der Waals surface area contributed by atoms with Gasteiger partial charge >= 0.3 is 6.09 Å². The fourth-order valence-electron chi connectivity index (χ4n) is 2.96. The zero-order valence-corrected chi connectivity index (χ0v) is 18.1. The summed E-state index contributed by atoms with van der Waals surface area (Å²) in [7, 11) is 3.48. The van der Waals surface area contributed by atoms with Crippen molar-refractivity contribution in [2.24, 2.45) is 10.7 Å². The van der Waals surface area contributed by atoms with Gasteiger partial charge in [0, 0.05) is 52.4 Å². The average Bonchev–Trinajstić information content (AvgIpc) is 2.66. The van der Waals surface area contributed by atoms with Gasteiger partial charge in [-0.25, -0.2) is 4.79 Å². The van der Waals surface area contributed by atoms with E-state index < -0.39 is 5.60 Å². The van der Waals surface area contributed by atoms with Crippen molar-refractivity contribution in [1.82, 2.24) is 14.7 Å². The first-order valence-corrected chi connectivity index (χ1v) is 9.90. The third-order valence-corrected chi connectivity index (χ3v) is 4.51. The van der Waals surface area contributed by atoms with Crippen molar-refractivity contribution in [2.45, 2.75) is 32.8 Å². The highest BCUT2D eigenvalue weighted by atomic mass is 16.6. The van der Waals surface area contributed by atoms with Gasteiger partial charge in [0.1, 0.15) is 5.60 Å². The van der Waals surface area contributed by atoms with Crippen molar-refractivity contribution in [3.63, 3.8) is 0 Å². The van der Waals surface area contributed by atoms with Gasteiger partial charge in [-0.05, 0) is 44.9 Å². The van der Waals surface area contributed by atoms with Crippen LogP contribution in [-0.4, -0.2) is 85.1 Å². The maximum Gasteiger partial charge on any atom is 0.410 e. The zero-order valence-electron chi connectivity index (χ0n) is 18.1. The van der Waals surface area contributed by atoms with Gasteiger partial charge in [0.05, 0.1) is 0 Å². The number of hydrogen-bond acceptors (Lipinski definition) is 4. The lowest BCUT2D eigenvalue weighted by atomic mass is 10.1. The standard InChI is InChI=1S/C21H33N5O3/c1-21(2,3)29-20(28)26-13-11-25(12-14-26)19(22)23-10-9-16-7-6-8-17(15-16)18(27)24(4)5/h6-8,15H,9-14H2,1-5H3,(H2,22,23). The summed E-state index contributed by atoms with van der Waals surface area (Å²) in [6.07, 6.45) is 0.410. The smallest absolute Gasteiger partial charge is 0.410 e. The second-order valence-electron chi connectivity index (χ2n) is 8.34. The van der Waals surface area contributed by atoms with Crippen molar-refractivity contribution in [2.75, 3.05) is 46.8 Å². The maximum atomic E-state index is 12.1. The summed E-state index contributed by atoms with van der Waals surface area (Å²) in [5.74, 6) is 0.465. The van der Waals surface area contributed by atoms with Crippen molar-refractivity contribution >= 4 is 18.0 Å². The number of guanidine groups is 1. The molecular weight excluding hydrogens is 370 g/mol. The number of aliphatic imine (C=N–C) groups is 1. The van der Waals surface area contributed by atoms with Gasteiger partial charge < -0.3 is 25.2 Å². The highest BCUT2D eigenvalue weighted by molar-refractivity contribution is 5.94. The number of piperazine rings is 1. The van der Waals surface area contributed by atoms with Gasteiger partial charge in [-0.3, -0.25) is 9.79 Å². The summed E-state index contributed by atoms with van der Waals surface area (Å²) in [5, 5.41) is 0. The Hall–Kier alpha value is -2.77. The lowest BCUT2D eigenvalue weighted by Crippen LogP contribution is -2.53. The molecule has 0 radical (unpaired) electrons. The van der Waals surface area contributed by atoms with E-state index in [1.54, 1.807) is 23.9 Å². The van der Waals surface area contributed by atoms with Crippen LogP contribution in [0.15, 0.2) is 29.3 Å². The summed E-state index contributed by atoms with van der Waals surface area (Å²) in [6, 6.07) is 7.58. The Morgan fingerprint density at radius 2 is 1.76 bits per heavy atom. The Balaban J connectivity index is 1.83. The predicted molar refractivity (Wildman–Crippen MR) is 114 cm³/mol. The molecule has 0 bridgehead atoms. The van der Waals surface area contributed by atoms with Crippen LogP contribution in [0.25, 0.3) is 0 Å². The fourth-order valence-corrected chi connectivity index (χ4v) is 2.96. The third-order valence-electron chi connectivity index (χ3n) is 4.51. The van der Waals surface area contributed by atoms with E-state index in [4.69, 9.17) is 10.5 Å². The lowest BCUT2D eigenvalue weighted by Gasteiger charge is -2.36. The number of rotatable bonds is 4. The van der Waals surface area contributed by atoms with Crippen molar-refractivity contribution in [3.05, 3.63) is 35.4 Å². The molecule has 0 spiro atoms. The van der Waals surface area contributed by atoms with Gasteiger partial charge in [-0.15, -0.1) is 0 Å². The molecule has 160 valence electrons. The minimum atomic E-state index is -0.497. The van der Waals surface area contributed by atoms with Crippen molar-refractivity contribution in [3.8, 4) is 0 Å². The Bertz CT molecular complexity index is 747. The quantitative estimate of drug-likeness (QED) is 0.611. The molecule has 29 heavy (non-hydrogen) atoms. The molecule has 1 aromatic rings. The van der Waals surface area contributed by atoms with Crippen LogP contribution >= 0.6 is 0 Å². The highest BCUT2D eigenvalue weighted by Gasteiger charge is 2.26. The van der Waals surface area contributed by atoms with Crippen molar-refractivity contribution < 1.29 is 14.3 Å². The number of nitrogens with two attached hydrogens (primary N) is 1. The topological polar surface area (TPSA) is 91.5 Å². The Labute approximate surface area is 173 Å². The number of carbonyl (C=O) groups excluding carboxylic acids is 2. The van der Waals surface area contributed by atoms with E-state index >= 15 is 0 Å². The van der Waals surface area contributed by atoms with Gasteiger partial charge in [-0.2, -0.15) is 0 Å². The van der Waals surface area contributed by atoms with Crippen LogP contribution in [0.5, 0.6) is 0 Å². The third kappa shape index (κ3) is 6.96. The lowest BCUT2D eigenvalue weighted by molar-refractivity contribution is 0.0186. The molecule has 2 rings (SSSR count). The van der Waals surface area contributed by atoms with Crippen LogP contribution in [0, 0.1) is 0 Å². The molecule has 1 aliphatic heterocycles. The van der Waals surface area contributed by atoms with E-state index in [0.717, 1.165) is 5.56 Å². The zero-order chi connectivity index (χ0) is 21.6. The molecule has 0 atom stereocenters. The first-order chi connectivity index (χ1) is 13.6. The van der Waals surface area contributed by atoms with E-state index in [-0.39, 0.29) is 12.0 Å². The van der Waals surface area contributed by atoms with Crippen LogP contribution in [0.1, 0.15) is 36.7 Å². The number of hydrogen-bond donors (Lipinski definition) is 1. The molecule has 2 amide bonds. The van der Waals surface area contributed by atoms with Crippen molar-refractivity contribution in [1.29, 1.82) is 0 Å². The molecule has 1 aromatic carbocycles. The molecular formula is C21H33N5O3. The minimum absolute atomic E-state index is 0.0160. The molecule has 8 nitrogen and oxygen atoms in total. The van der Waals surface area contributed by atoms with Gasteiger partial charge in [0.25, 0.3) is 5.91 Å². The maximum absolute atomic E-state index is 12.1. The van der Waals surface area contributed by atoms with E-state index in [0.29, 0.717) is 50.7 Å². The predicted octanol–water partition coefficient (Wildman–Crippen LogP) is 1.80. The fraction of sp³-hybridized carbons (Fsp3) is 0.571. The van der Waals surface area contributed by atoms with Gasteiger partial charge in [0.15, 0.2) is 5.96 Å². The molecule has 8 heteroatoms. The van der Waals surface area contributed by atoms with Gasteiger partial charge in [0.2, 0.25) is 0 Å². The number of benzene rings is 1. The second kappa shape index (κ2) is 9.62. The Kier molecular flexibility index (Phi) is 7.47. The number of amides is 2. The average molecular weight is 404 g/mol. The Morgan fingerprint density at radius 1 is 1.14 bits per heavy atom.